The number of nitrogens with one attached hydrogen (secondary N) is 1. The summed E-state index contributed by atoms with van der Waals surface area (Å²) in [7, 11) is 0. The molecule has 0 aliphatic carbocycles. The lowest BCUT2D eigenvalue weighted by Gasteiger charge is -2.16. The number of aliphatic hydroxyl groups excluding tert-OH is 1. The molecule has 0 aliphatic heterocycles. The van der Waals surface area contributed by atoms with Gasteiger partial charge in [0.25, 0.3) is 0 Å². The van der Waals surface area contributed by atoms with Crippen LogP contribution in [-0.2, 0) is 11.2 Å². The van der Waals surface area contributed by atoms with Crippen molar-refractivity contribution in [3.05, 3.63) is 35.9 Å². The van der Waals surface area contributed by atoms with Crippen molar-refractivity contribution >= 4 is 17.5 Å². The molecule has 0 saturated carbocycles. The highest BCUT2D eigenvalue weighted by Gasteiger charge is 2.11. The summed E-state index contributed by atoms with van der Waals surface area (Å²) in [5.41, 5.74) is 1.11. The van der Waals surface area contributed by atoms with Crippen LogP contribution in [0.3, 0.4) is 0 Å². The number of alkyl halides is 1. The minimum Gasteiger partial charge on any atom is -0.394 e. The smallest absolute Gasteiger partial charge is 0.220 e. The number of rotatable bonds is 8. The normalized spacial score (nSPS) is 12.1. The van der Waals surface area contributed by atoms with Crippen LogP contribution in [0.15, 0.2) is 30.3 Å². The SMILES string of the molecule is O=C(CCCCCl)N[C@H](CO)Cc1ccccc1. The van der Waals surface area contributed by atoms with Gasteiger partial charge in [0.05, 0.1) is 12.6 Å². The molecule has 0 radical (unpaired) electrons. The highest BCUT2D eigenvalue weighted by atomic mass is 35.5. The van der Waals surface area contributed by atoms with E-state index in [2.05, 4.69) is 5.32 Å². The molecule has 0 bridgehead atoms. The fourth-order valence-electron chi connectivity index (χ4n) is 1.74. The van der Waals surface area contributed by atoms with Gasteiger partial charge in [0.2, 0.25) is 5.91 Å². The second kappa shape index (κ2) is 8.95. The van der Waals surface area contributed by atoms with E-state index in [0.29, 0.717) is 18.7 Å². The minimum absolute atomic E-state index is 0.0184. The Morgan fingerprint density at radius 1 is 1.28 bits per heavy atom. The molecule has 3 nitrogen and oxygen atoms in total. The van der Waals surface area contributed by atoms with Crippen molar-refractivity contribution in [3.8, 4) is 0 Å². The standard InChI is InChI=1S/C14H20ClNO2/c15-9-5-4-8-14(18)16-13(11-17)10-12-6-2-1-3-7-12/h1-3,6-7,13,17H,4-5,8-11H2,(H,16,18)/t13-/m0/s1. The molecule has 1 aromatic carbocycles. The molecule has 0 aromatic heterocycles. The molecular weight excluding hydrogens is 250 g/mol. The van der Waals surface area contributed by atoms with Crippen LogP contribution in [0.5, 0.6) is 0 Å². The Labute approximate surface area is 113 Å². The van der Waals surface area contributed by atoms with Gasteiger partial charge in [-0.2, -0.15) is 0 Å². The second-order valence-corrected chi connectivity index (χ2v) is 4.66. The molecule has 0 spiro atoms. The number of amides is 1. The summed E-state index contributed by atoms with van der Waals surface area (Å²) in [6.45, 7) is -0.0455. The van der Waals surface area contributed by atoms with E-state index in [4.69, 9.17) is 11.6 Å². The summed E-state index contributed by atoms with van der Waals surface area (Å²) in [6.07, 6.45) is 2.76. The number of unbranched alkanes of at least 4 members (excludes halogenated alkanes) is 1. The lowest BCUT2D eigenvalue weighted by Crippen LogP contribution is -2.38. The van der Waals surface area contributed by atoms with Crippen LogP contribution >= 0.6 is 11.6 Å². The van der Waals surface area contributed by atoms with Gasteiger partial charge in [-0.3, -0.25) is 4.79 Å². The minimum atomic E-state index is -0.212. The van der Waals surface area contributed by atoms with E-state index in [1.807, 2.05) is 30.3 Å². The molecule has 0 aliphatic rings. The van der Waals surface area contributed by atoms with Gasteiger partial charge in [0, 0.05) is 12.3 Å². The molecule has 4 heteroatoms. The zero-order chi connectivity index (χ0) is 13.2. The van der Waals surface area contributed by atoms with Gasteiger partial charge in [-0.25, -0.2) is 0 Å². The van der Waals surface area contributed by atoms with Gasteiger partial charge >= 0.3 is 0 Å². The molecular formula is C14H20ClNO2. The Balaban J connectivity index is 2.35. The summed E-state index contributed by atoms with van der Waals surface area (Å²) in [6, 6.07) is 9.61. The Bertz CT molecular complexity index is 343. The van der Waals surface area contributed by atoms with Crippen molar-refractivity contribution in [1.82, 2.24) is 5.32 Å². The van der Waals surface area contributed by atoms with Crippen LogP contribution in [0.1, 0.15) is 24.8 Å². The summed E-state index contributed by atoms with van der Waals surface area (Å²) in [5.74, 6) is 0.566. The first-order chi connectivity index (χ1) is 8.76. The zero-order valence-electron chi connectivity index (χ0n) is 10.4. The fourth-order valence-corrected chi connectivity index (χ4v) is 1.93. The molecule has 0 fully saturated rings. The number of hydrogen-bond acceptors (Lipinski definition) is 2. The molecule has 1 amide bonds. The van der Waals surface area contributed by atoms with Gasteiger partial charge in [-0.1, -0.05) is 30.3 Å². The maximum atomic E-state index is 11.6. The molecule has 18 heavy (non-hydrogen) atoms. The molecule has 0 unspecified atom stereocenters. The molecule has 0 saturated heterocycles. The van der Waals surface area contributed by atoms with Crippen LogP contribution in [0, 0.1) is 0 Å². The molecule has 1 aromatic rings. The average Bonchev–Trinajstić information content (AvgIpc) is 2.39. The van der Waals surface area contributed by atoms with E-state index < -0.39 is 0 Å². The molecule has 1 rings (SSSR count). The summed E-state index contributed by atoms with van der Waals surface area (Å²) in [4.78, 5) is 11.6. The number of halogens is 1. The predicted octanol–water partition coefficient (Wildman–Crippen LogP) is 2.12. The highest BCUT2D eigenvalue weighted by Crippen LogP contribution is 2.04. The predicted molar refractivity (Wildman–Crippen MR) is 73.7 cm³/mol. The fraction of sp³-hybridized carbons (Fsp3) is 0.500. The highest BCUT2D eigenvalue weighted by molar-refractivity contribution is 6.17. The van der Waals surface area contributed by atoms with Crippen molar-refractivity contribution in [3.63, 3.8) is 0 Å². The van der Waals surface area contributed by atoms with Crippen molar-refractivity contribution in [1.29, 1.82) is 0 Å². The van der Waals surface area contributed by atoms with E-state index in [1.54, 1.807) is 0 Å². The zero-order valence-corrected chi connectivity index (χ0v) is 11.2. The molecule has 0 heterocycles. The molecule has 2 N–H and O–H groups in total. The number of aliphatic hydroxyl groups is 1. The van der Waals surface area contributed by atoms with Crippen molar-refractivity contribution in [2.45, 2.75) is 31.7 Å². The number of carbonyl (C=O) groups excluding carboxylic acids is 1. The Morgan fingerprint density at radius 2 is 2.00 bits per heavy atom. The Hall–Kier alpha value is -1.06. The van der Waals surface area contributed by atoms with E-state index in [-0.39, 0.29) is 18.6 Å². The third kappa shape index (κ3) is 6.03. The molecule has 1 atom stereocenters. The van der Waals surface area contributed by atoms with Gasteiger partial charge in [0.1, 0.15) is 0 Å². The third-order valence-corrected chi connectivity index (χ3v) is 2.97. The van der Waals surface area contributed by atoms with E-state index in [9.17, 15) is 9.90 Å². The summed E-state index contributed by atoms with van der Waals surface area (Å²) in [5, 5.41) is 12.1. The Morgan fingerprint density at radius 3 is 2.61 bits per heavy atom. The molecule has 100 valence electrons. The van der Waals surface area contributed by atoms with Crippen molar-refractivity contribution < 1.29 is 9.90 Å². The quantitative estimate of drug-likeness (QED) is 0.561. The largest absolute Gasteiger partial charge is 0.394 e. The van der Waals surface area contributed by atoms with E-state index in [1.165, 1.54) is 0 Å². The van der Waals surface area contributed by atoms with E-state index in [0.717, 1.165) is 18.4 Å². The van der Waals surface area contributed by atoms with Crippen LogP contribution in [0.25, 0.3) is 0 Å². The maximum Gasteiger partial charge on any atom is 0.220 e. The number of carbonyl (C=O) groups is 1. The topological polar surface area (TPSA) is 49.3 Å². The summed E-state index contributed by atoms with van der Waals surface area (Å²) >= 11 is 5.55. The van der Waals surface area contributed by atoms with Crippen LogP contribution in [0.2, 0.25) is 0 Å². The van der Waals surface area contributed by atoms with E-state index >= 15 is 0 Å². The first kappa shape index (κ1) is 15.0. The van der Waals surface area contributed by atoms with Crippen molar-refractivity contribution in [2.24, 2.45) is 0 Å². The van der Waals surface area contributed by atoms with Crippen LogP contribution in [0.4, 0.5) is 0 Å². The maximum absolute atomic E-state index is 11.6. The van der Waals surface area contributed by atoms with Gasteiger partial charge in [-0.15, -0.1) is 11.6 Å². The summed E-state index contributed by atoms with van der Waals surface area (Å²) < 4.78 is 0. The monoisotopic (exact) mass is 269 g/mol. The first-order valence-corrected chi connectivity index (χ1v) is 6.80. The average molecular weight is 270 g/mol. The number of benzene rings is 1. The van der Waals surface area contributed by atoms with Gasteiger partial charge < -0.3 is 10.4 Å². The first-order valence-electron chi connectivity index (χ1n) is 6.26. The lowest BCUT2D eigenvalue weighted by atomic mass is 10.1. The van der Waals surface area contributed by atoms with Crippen LogP contribution < -0.4 is 5.32 Å². The lowest BCUT2D eigenvalue weighted by molar-refractivity contribution is -0.122. The van der Waals surface area contributed by atoms with Gasteiger partial charge in [-0.05, 0) is 24.8 Å². The second-order valence-electron chi connectivity index (χ2n) is 4.28. The van der Waals surface area contributed by atoms with Gasteiger partial charge in [0.15, 0.2) is 0 Å². The van der Waals surface area contributed by atoms with Crippen molar-refractivity contribution in [2.75, 3.05) is 12.5 Å². The van der Waals surface area contributed by atoms with Crippen LogP contribution in [-0.4, -0.2) is 29.5 Å². The number of hydrogen-bond donors (Lipinski definition) is 2. The Kier molecular flexibility index (Phi) is 7.46. The third-order valence-electron chi connectivity index (χ3n) is 2.70.